The molecule has 1 aromatic carbocycles. The zero-order valence-corrected chi connectivity index (χ0v) is 13.6. The van der Waals surface area contributed by atoms with Crippen LogP contribution in [0.25, 0.3) is 0 Å². The van der Waals surface area contributed by atoms with Gasteiger partial charge in [-0.25, -0.2) is 5.43 Å². The van der Waals surface area contributed by atoms with Crippen molar-refractivity contribution in [3.05, 3.63) is 59.4 Å². The lowest BCUT2D eigenvalue weighted by Gasteiger charge is -2.12. The maximum atomic E-state index is 11.7. The number of carbonyl (C=O) groups excluding carboxylic acids is 1. The van der Waals surface area contributed by atoms with Crippen molar-refractivity contribution in [1.29, 1.82) is 0 Å². The van der Waals surface area contributed by atoms with E-state index >= 15 is 0 Å². The Labute approximate surface area is 136 Å². The van der Waals surface area contributed by atoms with Crippen molar-refractivity contribution in [2.75, 3.05) is 6.61 Å². The van der Waals surface area contributed by atoms with Crippen LogP contribution in [0, 0.1) is 6.92 Å². The fraction of sp³-hybridized carbons (Fsp3) is 0.278. The Kier molecular flexibility index (Phi) is 5.86. The van der Waals surface area contributed by atoms with Gasteiger partial charge in [-0.2, -0.15) is 5.10 Å². The van der Waals surface area contributed by atoms with Gasteiger partial charge in [0.25, 0.3) is 5.91 Å². The second-order valence-electron chi connectivity index (χ2n) is 5.54. The molecule has 1 amide bonds. The van der Waals surface area contributed by atoms with E-state index in [4.69, 9.17) is 4.74 Å². The van der Waals surface area contributed by atoms with Crippen LogP contribution in [0.3, 0.4) is 0 Å². The number of benzene rings is 1. The number of hydrogen-bond acceptors (Lipinski definition) is 4. The van der Waals surface area contributed by atoms with E-state index in [2.05, 4.69) is 29.4 Å². The molecule has 5 heteroatoms. The van der Waals surface area contributed by atoms with Crippen molar-refractivity contribution in [3.8, 4) is 5.75 Å². The molecule has 1 N–H and O–H groups in total. The van der Waals surface area contributed by atoms with Gasteiger partial charge < -0.3 is 4.74 Å². The zero-order valence-electron chi connectivity index (χ0n) is 13.6. The molecule has 0 aliphatic heterocycles. The summed E-state index contributed by atoms with van der Waals surface area (Å²) in [7, 11) is 0. The second-order valence-corrected chi connectivity index (χ2v) is 5.54. The normalized spacial score (nSPS) is 11.0. The topological polar surface area (TPSA) is 63.6 Å². The highest BCUT2D eigenvalue weighted by Crippen LogP contribution is 2.23. The third kappa shape index (κ3) is 5.21. The second kappa shape index (κ2) is 8.08. The smallest absolute Gasteiger partial charge is 0.277 e. The van der Waals surface area contributed by atoms with Gasteiger partial charge in [0, 0.05) is 12.4 Å². The maximum absolute atomic E-state index is 11.7. The van der Waals surface area contributed by atoms with Gasteiger partial charge in [-0.1, -0.05) is 19.9 Å². The molecule has 23 heavy (non-hydrogen) atoms. The predicted molar refractivity (Wildman–Crippen MR) is 90.7 cm³/mol. The van der Waals surface area contributed by atoms with Crippen molar-refractivity contribution in [2.24, 2.45) is 5.10 Å². The predicted octanol–water partition coefficient (Wildman–Crippen LogP) is 3.04. The van der Waals surface area contributed by atoms with Gasteiger partial charge >= 0.3 is 0 Å². The molecule has 0 radical (unpaired) electrons. The van der Waals surface area contributed by atoms with E-state index < -0.39 is 0 Å². The van der Waals surface area contributed by atoms with Gasteiger partial charge in [-0.3, -0.25) is 9.78 Å². The Morgan fingerprint density at radius 2 is 2.04 bits per heavy atom. The quantitative estimate of drug-likeness (QED) is 0.659. The third-order valence-electron chi connectivity index (χ3n) is 3.34. The molecule has 1 aromatic heterocycles. The third-order valence-corrected chi connectivity index (χ3v) is 3.34. The summed E-state index contributed by atoms with van der Waals surface area (Å²) >= 11 is 0. The van der Waals surface area contributed by atoms with E-state index in [1.54, 1.807) is 30.7 Å². The summed E-state index contributed by atoms with van der Waals surface area (Å²) in [6.45, 7) is 6.27. The molecule has 0 aliphatic carbocycles. The number of hydrogen-bond donors (Lipinski definition) is 1. The number of ether oxygens (including phenoxy) is 1. The van der Waals surface area contributed by atoms with Crippen LogP contribution >= 0.6 is 0 Å². The molecule has 0 fully saturated rings. The van der Waals surface area contributed by atoms with Gasteiger partial charge in [-0.15, -0.1) is 0 Å². The Morgan fingerprint density at radius 3 is 2.70 bits per heavy atom. The molecule has 120 valence electrons. The summed E-state index contributed by atoms with van der Waals surface area (Å²) in [4.78, 5) is 15.6. The van der Waals surface area contributed by atoms with Gasteiger partial charge in [0.2, 0.25) is 0 Å². The van der Waals surface area contributed by atoms with Crippen molar-refractivity contribution in [2.45, 2.75) is 26.7 Å². The molecule has 0 spiro atoms. The minimum Gasteiger partial charge on any atom is -0.484 e. The molecule has 0 aliphatic rings. The van der Waals surface area contributed by atoms with Crippen LogP contribution in [0.15, 0.2) is 47.8 Å². The number of nitrogens with zero attached hydrogens (tertiary/aromatic N) is 2. The number of rotatable bonds is 6. The van der Waals surface area contributed by atoms with Crippen molar-refractivity contribution in [1.82, 2.24) is 10.4 Å². The van der Waals surface area contributed by atoms with Gasteiger partial charge in [0.1, 0.15) is 5.75 Å². The largest absolute Gasteiger partial charge is 0.484 e. The van der Waals surface area contributed by atoms with Crippen LogP contribution in [0.1, 0.15) is 36.5 Å². The first-order chi connectivity index (χ1) is 11.1. The number of nitrogens with one attached hydrogen (secondary N) is 1. The number of hydrazone groups is 1. The van der Waals surface area contributed by atoms with E-state index in [9.17, 15) is 4.79 Å². The Morgan fingerprint density at radius 1 is 1.30 bits per heavy atom. The molecule has 0 unspecified atom stereocenters. The first kappa shape index (κ1) is 16.7. The van der Waals surface area contributed by atoms with Crippen LogP contribution in [0.5, 0.6) is 5.75 Å². The van der Waals surface area contributed by atoms with Crippen LogP contribution in [-0.4, -0.2) is 23.7 Å². The van der Waals surface area contributed by atoms with E-state index in [0.717, 1.165) is 11.1 Å². The highest BCUT2D eigenvalue weighted by atomic mass is 16.5. The molecule has 2 rings (SSSR count). The lowest BCUT2D eigenvalue weighted by molar-refractivity contribution is -0.123. The molecule has 0 saturated heterocycles. The van der Waals surface area contributed by atoms with E-state index in [-0.39, 0.29) is 12.5 Å². The van der Waals surface area contributed by atoms with Gasteiger partial charge in [0.15, 0.2) is 6.61 Å². The monoisotopic (exact) mass is 311 g/mol. The summed E-state index contributed by atoms with van der Waals surface area (Å²) in [5.74, 6) is 0.843. The van der Waals surface area contributed by atoms with Crippen LogP contribution in [-0.2, 0) is 4.79 Å². The molecule has 5 nitrogen and oxygen atoms in total. The Hall–Kier alpha value is -2.69. The molecule has 0 bridgehead atoms. The lowest BCUT2D eigenvalue weighted by atomic mass is 9.98. The first-order valence-electron chi connectivity index (χ1n) is 7.51. The maximum Gasteiger partial charge on any atom is 0.277 e. The van der Waals surface area contributed by atoms with Crippen molar-refractivity contribution >= 4 is 12.1 Å². The van der Waals surface area contributed by atoms with Gasteiger partial charge in [0.05, 0.1) is 6.21 Å². The molecular formula is C18H21N3O2. The molecule has 0 atom stereocenters. The molecular weight excluding hydrogens is 290 g/mol. The minimum absolute atomic E-state index is 0.0752. The summed E-state index contributed by atoms with van der Waals surface area (Å²) in [6, 6.07) is 9.46. The molecule has 1 heterocycles. The van der Waals surface area contributed by atoms with Crippen molar-refractivity contribution < 1.29 is 9.53 Å². The SMILES string of the molecule is Cc1cc(OCC(=O)N/N=C/c2ccncc2)ccc1C(C)C. The summed E-state index contributed by atoms with van der Waals surface area (Å²) in [6.07, 6.45) is 4.88. The van der Waals surface area contributed by atoms with E-state index in [0.29, 0.717) is 11.7 Å². The molecule has 0 saturated carbocycles. The number of amides is 1. The summed E-state index contributed by atoms with van der Waals surface area (Å²) in [5.41, 5.74) is 5.73. The number of aromatic nitrogens is 1. The highest BCUT2D eigenvalue weighted by Gasteiger charge is 2.06. The average molecular weight is 311 g/mol. The van der Waals surface area contributed by atoms with Crippen LogP contribution < -0.4 is 10.2 Å². The standard InChI is InChI=1S/C18H21N3O2/c1-13(2)17-5-4-16(10-14(17)3)23-12-18(22)21-20-11-15-6-8-19-9-7-15/h4-11,13H,12H2,1-3H3,(H,21,22)/b20-11+. The highest BCUT2D eigenvalue weighted by molar-refractivity contribution is 5.82. The number of pyridine rings is 1. The number of aryl methyl sites for hydroxylation is 1. The average Bonchev–Trinajstić information content (AvgIpc) is 2.53. The lowest BCUT2D eigenvalue weighted by Crippen LogP contribution is -2.24. The fourth-order valence-corrected chi connectivity index (χ4v) is 2.20. The van der Waals surface area contributed by atoms with Crippen molar-refractivity contribution in [3.63, 3.8) is 0 Å². The zero-order chi connectivity index (χ0) is 16.7. The van der Waals surface area contributed by atoms with E-state index in [1.807, 2.05) is 25.1 Å². The number of carbonyl (C=O) groups is 1. The minimum atomic E-state index is -0.305. The summed E-state index contributed by atoms with van der Waals surface area (Å²) in [5, 5.41) is 3.88. The van der Waals surface area contributed by atoms with Crippen LogP contribution in [0.2, 0.25) is 0 Å². The fourth-order valence-electron chi connectivity index (χ4n) is 2.20. The Bertz CT molecular complexity index is 682. The van der Waals surface area contributed by atoms with E-state index in [1.165, 1.54) is 5.56 Å². The first-order valence-corrected chi connectivity index (χ1v) is 7.51. The van der Waals surface area contributed by atoms with Gasteiger partial charge in [-0.05, 0) is 53.8 Å². The Balaban J connectivity index is 1.82. The van der Waals surface area contributed by atoms with Crippen LogP contribution in [0.4, 0.5) is 0 Å². The molecule has 2 aromatic rings. The summed E-state index contributed by atoms with van der Waals surface area (Å²) < 4.78 is 5.49.